The monoisotopic (exact) mass is 481 g/mol. The Balaban J connectivity index is 0.00000625. The number of nitrogens with zero attached hydrogens (tertiary/aromatic N) is 1. The number of unbranched alkanes of at least 4 members (excludes halogenated alkanes) is 1. The molecule has 0 radical (unpaired) electrons. The second-order valence-electron chi connectivity index (χ2n) is 5.28. The highest BCUT2D eigenvalue weighted by Crippen LogP contribution is 2.34. The van der Waals surface area contributed by atoms with Gasteiger partial charge >= 0.3 is 0 Å². The van der Waals surface area contributed by atoms with E-state index in [0.29, 0.717) is 18.0 Å². The topological polar surface area (TPSA) is 73.3 Å². The quantitative estimate of drug-likeness (QED) is 0.219. The molecule has 0 atom stereocenters. The van der Waals surface area contributed by atoms with E-state index >= 15 is 0 Å². The predicted octanol–water partition coefficient (Wildman–Crippen LogP) is 2.81. The Kier molecular flexibility index (Phi) is 13.9. The second kappa shape index (κ2) is 14.7. The van der Waals surface area contributed by atoms with Crippen molar-refractivity contribution in [1.29, 1.82) is 0 Å². The average Bonchev–Trinajstić information content (AvgIpc) is 2.66. The Hall–Kier alpha value is -1.42. The van der Waals surface area contributed by atoms with Crippen LogP contribution in [0.25, 0.3) is 0 Å². The zero-order valence-electron chi connectivity index (χ0n) is 16.4. The van der Waals surface area contributed by atoms with Crippen molar-refractivity contribution in [2.45, 2.75) is 26.3 Å². The maximum atomic E-state index is 5.44. The van der Waals surface area contributed by atoms with Crippen molar-refractivity contribution in [2.75, 3.05) is 48.1 Å². The predicted molar refractivity (Wildman–Crippen MR) is 115 cm³/mol. The first-order valence-corrected chi connectivity index (χ1v) is 8.51. The van der Waals surface area contributed by atoms with Crippen LogP contribution in [0.1, 0.15) is 25.3 Å². The molecule has 0 amide bonds. The van der Waals surface area contributed by atoms with Gasteiger partial charge < -0.3 is 29.6 Å². The van der Waals surface area contributed by atoms with E-state index in [1.54, 1.807) is 28.4 Å². The molecule has 1 aromatic carbocycles. The second-order valence-corrected chi connectivity index (χ2v) is 5.28. The van der Waals surface area contributed by atoms with E-state index in [1.807, 2.05) is 19.1 Å². The molecule has 7 nitrogen and oxygen atoms in total. The molecule has 0 heterocycles. The number of hydrogen-bond donors (Lipinski definition) is 2. The number of ether oxygens (including phenoxy) is 4. The molecule has 0 saturated heterocycles. The molecule has 1 aromatic rings. The third-order valence-electron chi connectivity index (χ3n) is 3.67. The van der Waals surface area contributed by atoms with Gasteiger partial charge in [-0.2, -0.15) is 0 Å². The number of benzene rings is 1. The highest BCUT2D eigenvalue weighted by molar-refractivity contribution is 14.0. The lowest BCUT2D eigenvalue weighted by atomic mass is 10.1. The largest absolute Gasteiger partial charge is 0.496 e. The van der Waals surface area contributed by atoms with Crippen LogP contribution in [-0.2, 0) is 11.3 Å². The van der Waals surface area contributed by atoms with Gasteiger partial charge in [0.15, 0.2) is 17.5 Å². The summed E-state index contributed by atoms with van der Waals surface area (Å²) in [5, 5.41) is 6.57. The first kappa shape index (κ1) is 24.6. The van der Waals surface area contributed by atoms with Gasteiger partial charge in [-0.3, -0.25) is 4.99 Å². The maximum absolute atomic E-state index is 5.44. The standard InChI is InChI=1S/C18H31N3O4.HI/c1-6-25-10-8-7-9-20-18(19-2)21-13-14-11-16(23-4)17(24-5)12-15(14)22-3;/h11-12H,6-10,13H2,1-5H3,(H2,19,20,21);1H. The fraction of sp³-hybridized carbons (Fsp3) is 0.611. The molecular weight excluding hydrogens is 449 g/mol. The number of methoxy groups -OCH3 is 3. The van der Waals surface area contributed by atoms with Crippen LogP contribution < -0.4 is 24.8 Å². The SMILES string of the molecule is CCOCCCCNC(=NC)NCc1cc(OC)c(OC)cc1OC.I. The Morgan fingerprint density at radius 1 is 0.962 bits per heavy atom. The van der Waals surface area contributed by atoms with Crippen molar-refractivity contribution in [3.05, 3.63) is 17.7 Å². The number of aliphatic imine (C=N–C) groups is 1. The van der Waals surface area contributed by atoms with Gasteiger partial charge in [0.05, 0.1) is 21.3 Å². The maximum Gasteiger partial charge on any atom is 0.191 e. The van der Waals surface area contributed by atoms with Crippen molar-refractivity contribution in [3.8, 4) is 17.2 Å². The Labute approximate surface area is 173 Å². The van der Waals surface area contributed by atoms with Crippen LogP contribution in [0.5, 0.6) is 17.2 Å². The lowest BCUT2D eigenvalue weighted by Gasteiger charge is -2.16. The lowest BCUT2D eigenvalue weighted by molar-refractivity contribution is 0.143. The van der Waals surface area contributed by atoms with Crippen LogP contribution in [0, 0.1) is 0 Å². The smallest absolute Gasteiger partial charge is 0.191 e. The van der Waals surface area contributed by atoms with Crippen LogP contribution in [0.2, 0.25) is 0 Å². The van der Waals surface area contributed by atoms with E-state index < -0.39 is 0 Å². The van der Waals surface area contributed by atoms with Gasteiger partial charge in [-0.05, 0) is 25.8 Å². The van der Waals surface area contributed by atoms with E-state index in [9.17, 15) is 0 Å². The van der Waals surface area contributed by atoms with Gasteiger partial charge in [0.25, 0.3) is 0 Å². The van der Waals surface area contributed by atoms with Crippen LogP contribution in [0.15, 0.2) is 17.1 Å². The summed E-state index contributed by atoms with van der Waals surface area (Å²) in [7, 11) is 6.61. The van der Waals surface area contributed by atoms with E-state index in [4.69, 9.17) is 18.9 Å². The molecule has 2 N–H and O–H groups in total. The molecule has 0 fully saturated rings. The van der Waals surface area contributed by atoms with E-state index in [2.05, 4.69) is 15.6 Å². The Morgan fingerprint density at radius 3 is 2.19 bits per heavy atom. The average molecular weight is 481 g/mol. The van der Waals surface area contributed by atoms with Gasteiger partial charge in [-0.25, -0.2) is 0 Å². The zero-order chi connectivity index (χ0) is 18.5. The summed E-state index contributed by atoms with van der Waals surface area (Å²) in [5.74, 6) is 2.78. The minimum Gasteiger partial charge on any atom is -0.496 e. The number of guanidine groups is 1. The highest BCUT2D eigenvalue weighted by Gasteiger charge is 2.12. The van der Waals surface area contributed by atoms with Crippen molar-refractivity contribution in [1.82, 2.24) is 10.6 Å². The molecule has 0 spiro atoms. The number of rotatable bonds is 11. The molecule has 0 unspecified atom stereocenters. The summed E-state index contributed by atoms with van der Waals surface area (Å²) >= 11 is 0. The van der Waals surface area contributed by atoms with Crippen molar-refractivity contribution < 1.29 is 18.9 Å². The molecule has 1 rings (SSSR count). The fourth-order valence-electron chi connectivity index (χ4n) is 2.31. The van der Waals surface area contributed by atoms with Gasteiger partial charge in [-0.1, -0.05) is 0 Å². The van der Waals surface area contributed by atoms with Crippen LogP contribution in [0.4, 0.5) is 0 Å². The van der Waals surface area contributed by atoms with Crippen molar-refractivity contribution in [2.24, 2.45) is 4.99 Å². The lowest BCUT2D eigenvalue weighted by Crippen LogP contribution is -2.37. The Morgan fingerprint density at radius 2 is 1.62 bits per heavy atom. The number of hydrogen-bond acceptors (Lipinski definition) is 5. The van der Waals surface area contributed by atoms with E-state index in [-0.39, 0.29) is 24.0 Å². The first-order valence-electron chi connectivity index (χ1n) is 8.51. The van der Waals surface area contributed by atoms with Gasteiger partial charge in [0, 0.05) is 45.0 Å². The third-order valence-corrected chi connectivity index (χ3v) is 3.67. The van der Waals surface area contributed by atoms with E-state index in [0.717, 1.165) is 49.9 Å². The number of nitrogens with one attached hydrogen (secondary N) is 2. The molecule has 0 bridgehead atoms. The van der Waals surface area contributed by atoms with Crippen molar-refractivity contribution >= 4 is 29.9 Å². The molecule has 0 aliphatic rings. The number of halogens is 1. The van der Waals surface area contributed by atoms with Crippen LogP contribution in [-0.4, -0.2) is 54.1 Å². The molecule has 0 saturated carbocycles. The normalized spacial score (nSPS) is 10.7. The molecule has 0 aliphatic carbocycles. The summed E-state index contributed by atoms with van der Waals surface area (Å²) in [6.07, 6.45) is 2.06. The zero-order valence-corrected chi connectivity index (χ0v) is 18.7. The first-order chi connectivity index (χ1) is 12.2. The van der Waals surface area contributed by atoms with Gasteiger partial charge in [-0.15, -0.1) is 24.0 Å². The van der Waals surface area contributed by atoms with E-state index in [1.165, 1.54) is 0 Å². The fourth-order valence-corrected chi connectivity index (χ4v) is 2.31. The van der Waals surface area contributed by atoms with Gasteiger partial charge in [0.2, 0.25) is 0 Å². The molecule has 0 aromatic heterocycles. The van der Waals surface area contributed by atoms with Crippen molar-refractivity contribution in [3.63, 3.8) is 0 Å². The summed E-state index contributed by atoms with van der Waals surface area (Å²) in [4.78, 5) is 4.24. The van der Waals surface area contributed by atoms with Crippen LogP contribution in [0.3, 0.4) is 0 Å². The summed E-state index contributed by atoms with van der Waals surface area (Å²) < 4.78 is 21.4. The molecule has 26 heavy (non-hydrogen) atoms. The van der Waals surface area contributed by atoms with Gasteiger partial charge in [0.1, 0.15) is 5.75 Å². The minimum absolute atomic E-state index is 0. The molecule has 150 valence electrons. The molecular formula is C18H32IN3O4. The Bertz CT molecular complexity index is 541. The molecule has 8 heteroatoms. The third kappa shape index (κ3) is 8.31. The highest BCUT2D eigenvalue weighted by atomic mass is 127. The summed E-state index contributed by atoms with van der Waals surface area (Å²) in [5.41, 5.74) is 0.958. The molecule has 0 aliphatic heterocycles. The summed E-state index contributed by atoms with van der Waals surface area (Å²) in [6, 6.07) is 3.72. The van der Waals surface area contributed by atoms with Crippen LogP contribution >= 0.6 is 24.0 Å². The minimum atomic E-state index is 0. The summed E-state index contributed by atoms with van der Waals surface area (Å²) in [6.45, 7) is 4.97.